The van der Waals surface area contributed by atoms with Crippen LogP contribution < -0.4 is 10.6 Å². The van der Waals surface area contributed by atoms with Gasteiger partial charge in [0.1, 0.15) is 6.04 Å². The molecule has 0 fully saturated rings. The summed E-state index contributed by atoms with van der Waals surface area (Å²) in [6.07, 6.45) is 3.09. The van der Waals surface area contributed by atoms with Gasteiger partial charge < -0.3 is 10.6 Å². The van der Waals surface area contributed by atoms with E-state index in [1.54, 1.807) is 31.5 Å². The molecule has 2 heterocycles. The predicted octanol–water partition coefficient (Wildman–Crippen LogP) is 2.96. The third kappa shape index (κ3) is 4.27. The van der Waals surface area contributed by atoms with Crippen LogP contribution in [0, 0.1) is 0 Å². The number of hydrogen-bond donors (Lipinski definition) is 2. The summed E-state index contributed by atoms with van der Waals surface area (Å²) < 4.78 is 0. The first-order valence-corrected chi connectivity index (χ1v) is 8.54. The number of nitrogens with zero attached hydrogens (tertiary/aromatic N) is 2. The van der Waals surface area contributed by atoms with Crippen molar-refractivity contribution in [3.05, 3.63) is 65.1 Å². The monoisotopic (exact) mass is 352 g/mol. The molecule has 3 aromatic rings. The molecule has 1 unspecified atom stereocenters. The summed E-state index contributed by atoms with van der Waals surface area (Å²) in [6, 6.07) is 12.4. The van der Waals surface area contributed by atoms with Crippen LogP contribution in [0.15, 0.2) is 60.2 Å². The summed E-state index contributed by atoms with van der Waals surface area (Å²) in [6.45, 7) is 1.63. The third-order valence-electron chi connectivity index (χ3n) is 3.44. The highest BCUT2D eigenvalue weighted by atomic mass is 32.1. The zero-order valence-electron chi connectivity index (χ0n) is 13.5. The van der Waals surface area contributed by atoms with E-state index in [1.807, 2.05) is 35.7 Å². The second-order valence-corrected chi connectivity index (χ2v) is 6.27. The van der Waals surface area contributed by atoms with E-state index in [1.165, 1.54) is 11.3 Å². The molecule has 7 heteroatoms. The summed E-state index contributed by atoms with van der Waals surface area (Å²) in [5.41, 5.74) is 1.37. The zero-order chi connectivity index (χ0) is 17.6. The Kier molecular flexibility index (Phi) is 5.15. The van der Waals surface area contributed by atoms with Crippen molar-refractivity contribution >= 4 is 28.8 Å². The van der Waals surface area contributed by atoms with Gasteiger partial charge >= 0.3 is 0 Å². The summed E-state index contributed by atoms with van der Waals surface area (Å²) in [5.74, 6) is -0.0214. The van der Waals surface area contributed by atoms with Crippen molar-refractivity contribution in [3.8, 4) is 11.4 Å². The number of thiophene rings is 1. The van der Waals surface area contributed by atoms with E-state index in [-0.39, 0.29) is 11.8 Å². The number of nitrogens with one attached hydrogen (secondary N) is 2. The minimum Gasteiger partial charge on any atom is -0.340 e. The Hall–Kier alpha value is -3.06. The molecule has 0 bridgehead atoms. The van der Waals surface area contributed by atoms with Crippen LogP contribution in [0.3, 0.4) is 0 Å². The van der Waals surface area contributed by atoms with Crippen molar-refractivity contribution in [2.75, 3.05) is 5.32 Å². The minimum absolute atomic E-state index is 0.270. The van der Waals surface area contributed by atoms with Gasteiger partial charge in [0.2, 0.25) is 5.91 Å². The maximum absolute atomic E-state index is 12.2. The molecule has 0 aliphatic heterocycles. The number of amides is 2. The van der Waals surface area contributed by atoms with Gasteiger partial charge in [0.25, 0.3) is 5.91 Å². The fraction of sp³-hybridized carbons (Fsp3) is 0.111. The summed E-state index contributed by atoms with van der Waals surface area (Å²) in [4.78, 5) is 33.2. The second-order valence-electron chi connectivity index (χ2n) is 5.32. The van der Waals surface area contributed by atoms with Gasteiger partial charge in [-0.05, 0) is 18.4 Å². The lowest BCUT2D eigenvalue weighted by atomic mass is 10.2. The molecule has 0 aliphatic rings. The maximum Gasteiger partial charge on any atom is 0.261 e. The molecule has 3 rings (SSSR count). The number of hydrogen-bond acceptors (Lipinski definition) is 5. The fourth-order valence-corrected chi connectivity index (χ4v) is 2.75. The number of rotatable bonds is 5. The first-order chi connectivity index (χ1) is 12.1. The first-order valence-electron chi connectivity index (χ1n) is 7.66. The molecule has 2 N–H and O–H groups in total. The van der Waals surface area contributed by atoms with Crippen LogP contribution in [-0.2, 0) is 4.79 Å². The van der Waals surface area contributed by atoms with Gasteiger partial charge in [-0.1, -0.05) is 36.4 Å². The molecule has 0 spiro atoms. The summed E-state index contributed by atoms with van der Waals surface area (Å²) in [5, 5.41) is 7.16. The highest BCUT2D eigenvalue weighted by Crippen LogP contribution is 2.15. The number of aromatic nitrogens is 2. The van der Waals surface area contributed by atoms with Crippen LogP contribution in [0.2, 0.25) is 0 Å². The topological polar surface area (TPSA) is 84.0 Å². The van der Waals surface area contributed by atoms with Crippen LogP contribution >= 0.6 is 11.3 Å². The largest absolute Gasteiger partial charge is 0.340 e. The van der Waals surface area contributed by atoms with Crippen molar-refractivity contribution in [3.63, 3.8) is 0 Å². The maximum atomic E-state index is 12.2. The normalized spacial score (nSPS) is 11.6. The lowest BCUT2D eigenvalue weighted by Crippen LogP contribution is -2.41. The molecule has 2 amide bonds. The Morgan fingerprint density at radius 2 is 1.76 bits per heavy atom. The molecule has 6 nitrogen and oxygen atoms in total. The molecule has 1 atom stereocenters. The first kappa shape index (κ1) is 16.8. The zero-order valence-corrected chi connectivity index (χ0v) is 14.3. The van der Waals surface area contributed by atoms with Crippen molar-refractivity contribution in [1.29, 1.82) is 0 Å². The Labute approximate surface area is 149 Å². The molecule has 0 saturated heterocycles. The summed E-state index contributed by atoms with van der Waals surface area (Å²) >= 11 is 1.32. The van der Waals surface area contributed by atoms with Gasteiger partial charge in [-0.15, -0.1) is 11.3 Å². The molecule has 1 aromatic carbocycles. The van der Waals surface area contributed by atoms with Gasteiger partial charge in [-0.3, -0.25) is 9.59 Å². The molecule has 25 heavy (non-hydrogen) atoms. The Balaban J connectivity index is 1.60. The number of carbonyl (C=O) groups is 2. The average Bonchev–Trinajstić information content (AvgIpc) is 3.18. The Morgan fingerprint density at radius 1 is 1.04 bits per heavy atom. The van der Waals surface area contributed by atoms with E-state index in [4.69, 9.17) is 0 Å². The Morgan fingerprint density at radius 3 is 2.40 bits per heavy atom. The van der Waals surface area contributed by atoms with Crippen LogP contribution in [0.1, 0.15) is 16.6 Å². The van der Waals surface area contributed by atoms with E-state index in [0.717, 1.165) is 5.56 Å². The van der Waals surface area contributed by atoms with Crippen LogP contribution in [0.4, 0.5) is 5.69 Å². The van der Waals surface area contributed by atoms with E-state index < -0.39 is 6.04 Å². The number of benzene rings is 1. The molecular weight excluding hydrogens is 336 g/mol. The molecule has 0 aliphatic carbocycles. The van der Waals surface area contributed by atoms with Crippen molar-refractivity contribution < 1.29 is 9.59 Å². The molecule has 2 aromatic heterocycles. The van der Waals surface area contributed by atoms with Gasteiger partial charge in [-0.2, -0.15) is 0 Å². The highest BCUT2D eigenvalue weighted by molar-refractivity contribution is 7.12. The van der Waals surface area contributed by atoms with Crippen LogP contribution in [0.5, 0.6) is 0 Å². The third-order valence-corrected chi connectivity index (χ3v) is 4.31. The van der Waals surface area contributed by atoms with Crippen LogP contribution in [0.25, 0.3) is 11.4 Å². The van der Waals surface area contributed by atoms with E-state index in [2.05, 4.69) is 20.6 Å². The molecule has 0 radical (unpaired) electrons. The summed E-state index contributed by atoms with van der Waals surface area (Å²) in [7, 11) is 0. The minimum atomic E-state index is -0.677. The molecule has 0 saturated carbocycles. The molecule has 126 valence electrons. The number of carbonyl (C=O) groups excluding carboxylic acids is 2. The quantitative estimate of drug-likeness (QED) is 0.739. The van der Waals surface area contributed by atoms with Crippen molar-refractivity contribution in [2.45, 2.75) is 13.0 Å². The average molecular weight is 352 g/mol. The van der Waals surface area contributed by atoms with E-state index >= 15 is 0 Å². The van der Waals surface area contributed by atoms with Crippen molar-refractivity contribution in [2.24, 2.45) is 0 Å². The predicted molar refractivity (Wildman–Crippen MR) is 97.3 cm³/mol. The lowest BCUT2D eigenvalue weighted by Gasteiger charge is -2.13. The lowest BCUT2D eigenvalue weighted by molar-refractivity contribution is -0.117. The Bertz CT molecular complexity index is 849. The highest BCUT2D eigenvalue weighted by Gasteiger charge is 2.17. The van der Waals surface area contributed by atoms with E-state index in [0.29, 0.717) is 16.4 Å². The number of anilines is 1. The SMILES string of the molecule is CC(NC(=O)c1cccs1)C(=O)Nc1cnc(-c2ccccc2)nc1. The fourth-order valence-electron chi connectivity index (χ4n) is 2.12. The molecular formula is C18H16N4O2S. The standard InChI is InChI=1S/C18H16N4O2S/c1-12(21-18(24)15-8-5-9-25-15)17(23)22-14-10-19-16(20-11-14)13-6-3-2-4-7-13/h2-12H,1H3,(H,21,24)(H,22,23). The van der Waals surface area contributed by atoms with Crippen molar-refractivity contribution in [1.82, 2.24) is 15.3 Å². The second kappa shape index (κ2) is 7.67. The smallest absolute Gasteiger partial charge is 0.261 e. The van der Waals surface area contributed by atoms with Gasteiger partial charge in [0.15, 0.2) is 5.82 Å². The van der Waals surface area contributed by atoms with Gasteiger partial charge in [0.05, 0.1) is 23.0 Å². The van der Waals surface area contributed by atoms with E-state index in [9.17, 15) is 9.59 Å². The van der Waals surface area contributed by atoms with Crippen LogP contribution in [-0.4, -0.2) is 27.8 Å². The van der Waals surface area contributed by atoms with Gasteiger partial charge in [-0.25, -0.2) is 9.97 Å². The van der Waals surface area contributed by atoms with Gasteiger partial charge in [0, 0.05) is 5.56 Å².